The summed E-state index contributed by atoms with van der Waals surface area (Å²) >= 11 is 0. The topological polar surface area (TPSA) is 72.2 Å². The summed E-state index contributed by atoms with van der Waals surface area (Å²) in [5.41, 5.74) is 1.09. The SMILES string of the molecule is CC12CCC(=O)C([N+](=O)[O-])=C1CCC1C2CCC2(C)C(NC3CC3)CCC12. The van der Waals surface area contributed by atoms with E-state index in [1.165, 1.54) is 38.5 Å². The predicted octanol–water partition coefficient (Wildman–Crippen LogP) is 4.24. The van der Waals surface area contributed by atoms with E-state index in [2.05, 4.69) is 19.2 Å². The van der Waals surface area contributed by atoms with E-state index >= 15 is 0 Å². The lowest BCUT2D eigenvalue weighted by atomic mass is 9.47. The Hall–Kier alpha value is -1.23. The number of nitro groups is 1. The van der Waals surface area contributed by atoms with Crippen molar-refractivity contribution in [1.29, 1.82) is 0 Å². The van der Waals surface area contributed by atoms with Crippen molar-refractivity contribution in [1.82, 2.24) is 5.32 Å². The largest absolute Gasteiger partial charge is 0.311 e. The number of fused-ring (bicyclic) bond motifs is 5. The Morgan fingerprint density at radius 2 is 1.78 bits per heavy atom. The smallest absolute Gasteiger partial charge is 0.311 e. The number of ketones is 1. The third kappa shape index (κ3) is 2.49. The van der Waals surface area contributed by atoms with Gasteiger partial charge in [0.25, 0.3) is 0 Å². The molecule has 0 heterocycles. The van der Waals surface area contributed by atoms with Gasteiger partial charge in [-0.25, -0.2) is 0 Å². The number of nitrogens with zero attached hydrogens (tertiary/aromatic N) is 1. The van der Waals surface area contributed by atoms with Gasteiger partial charge in [0.15, 0.2) is 0 Å². The molecule has 27 heavy (non-hydrogen) atoms. The van der Waals surface area contributed by atoms with Gasteiger partial charge in [0, 0.05) is 24.1 Å². The molecule has 0 amide bonds. The molecule has 148 valence electrons. The molecule has 5 aliphatic rings. The van der Waals surface area contributed by atoms with E-state index in [0.717, 1.165) is 36.8 Å². The molecule has 0 spiro atoms. The van der Waals surface area contributed by atoms with Crippen LogP contribution in [0.2, 0.25) is 0 Å². The van der Waals surface area contributed by atoms with E-state index in [1.54, 1.807) is 0 Å². The van der Waals surface area contributed by atoms with Crippen LogP contribution < -0.4 is 5.32 Å². The van der Waals surface area contributed by atoms with E-state index in [9.17, 15) is 14.9 Å². The summed E-state index contributed by atoms with van der Waals surface area (Å²) in [5.74, 6) is 1.69. The van der Waals surface area contributed by atoms with E-state index in [-0.39, 0.29) is 21.8 Å². The Morgan fingerprint density at radius 3 is 2.48 bits per heavy atom. The number of nitrogens with one attached hydrogen (secondary N) is 1. The first kappa shape index (κ1) is 17.8. The Kier molecular flexibility index (Phi) is 3.89. The quantitative estimate of drug-likeness (QED) is 0.594. The normalized spacial score (nSPS) is 46.7. The third-order valence-electron chi connectivity index (χ3n) is 9.29. The van der Waals surface area contributed by atoms with Crippen LogP contribution in [0, 0.1) is 38.7 Å². The molecule has 0 aliphatic heterocycles. The first-order valence-electron chi connectivity index (χ1n) is 11.0. The van der Waals surface area contributed by atoms with Crippen LogP contribution in [-0.4, -0.2) is 22.8 Å². The summed E-state index contributed by atoms with van der Waals surface area (Å²) in [7, 11) is 0. The van der Waals surface area contributed by atoms with Crippen LogP contribution in [0.1, 0.15) is 78.1 Å². The fourth-order valence-corrected chi connectivity index (χ4v) is 7.71. The molecule has 4 saturated carbocycles. The van der Waals surface area contributed by atoms with Gasteiger partial charge in [0.05, 0.1) is 4.92 Å². The number of carbonyl (C=O) groups excluding carboxylic acids is 1. The van der Waals surface area contributed by atoms with Crippen LogP contribution in [0.4, 0.5) is 0 Å². The van der Waals surface area contributed by atoms with Gasteiger partial charge < -0.3 is 5.32 Å². The molecule has 6 unspecified atom stereocenters. The summed E-state index contributed by atoms with van der Waals surface area (Å²) in [4.78, 5) is 23.5. The average Bonchev–Trinajstić information content (AvgIpc) is 3.37. The molecule has 0 bridgehead atoms. The average molecular weight is 373 g/mol. The molecule has 0 aromatic rings. The molecule has 5 aliphatic carbocycles. The first-order valence-corrected chi connectivity index (χ1v) is 11.0. The second kappa shape index (κ2) is 5.88. The highest BCUT2D eigenvalue weighted by Crippen LogP contribution is 2.65. The number of hydrogen-bond donors (Lipinski definition) is 1. The zero-order valence-corrected chi connectivity index (χ0v) is 16.6. The number of allylic oxidation sites excluding steroid dienone is 1. The standard InChI is InChI=1S/C22H32N2O3/c1-21-12-10-18(25)20(24(26)27)17(21)6-5-14-15-7-8-19(23-13-3-4-13)22(15,2)11-9-16(14)21/h13-16,19,23H,3-12H2,1-2H3. The van der Waals surface area contributed by atoms with E-state index in [1.807, 2.05) is 0 Å². The van der Waals surface area contributed by atoms with E-state index in [4.69, 9.17) is 0 Å². The van der Waals surface area contributed by atoms with Crippen LogP contribution in [0.15, 0.2) is 11.3 Å². The van der Waals surface area contributed by atoms with Gasteiger partial charge in [-0.3, -0.25) is 14.9 Å². The second-order valence-electron chi connectivity index (χ2n) is 10.5. The predicted molar refractivity (Wildman–Crippen MR) is 103 cm³/mol. The van der Waals surface area contributed by atoms with Crippen LogP contribution in [0.25, 0.3) is 0 Å². The lowest BCUT2D eigenvalue weighted by molar-refractivity contribution is -0.422. The van der Waals surface area contributed by atoms with Gasteiger partial charge in [-0.15, -0.1) is 0 Å². The molecule has 5 heteroatoms. The lowest BCUT2D eigenvalue weighted by Gasteiger charge is -2.57. The van der Waals surface area contributed by atoms with Crippen LogP contribution in [0.5, 0.6) is 0 Å². The Balaban J connectivity index is 1.47. The fourth-order valence-electron chi connectivity index (χ4n) is 7.71. The zero-order chi connectivity index (χ0) is 19.0. The zero-order valence-electron chi connectivity index (χ0n) is 16.6. The first-order chi connectivity index (χ1) is 12.8. The van der Waals surface area contributed by atoms with Crippen molar-refractivity contribution in [2.75, 3.05) is 0 Å². The van der Waals surface area contributed by atoms with Gasteiger partial charge in [0.1, 0.15) is 0 Å². The van der Waals surface area contributed by atoms with Crippen LogP contribution in [0.3, 0.4) is 0 Å². The van der Waals surface area contributed by atoms with Crippen LogP contribution in [-0.2, 0) is 4.79 Å². The van der Waals surface area contributed by atoms with E-state index in [0.29, 0.717) is 29.7 Å². The Morgan fingerprint density at radius 1 is 1.00 bits per heavy atom. The second-order valence-corrected chi connectivity index (χ2v) is 10.5. The van der Waals surface area contributed by atoms with Crippen molar-refractivity contribution in [2.24, 2.45) is 28.6 Å². The molecule has 4 fully saturated rings. The molecule has 6 atom stereocenters. The maximum absolute atomic E-state index is 12.3. The molecule has 5 nitrogen and oxygen atoms in total. The van der Waals surface area contributed by atoms with Gasteiger partial charge in [-0.1, -0.05) is 13.8 Å². The number of hydrogen-bond acceptors (Lipinski definition) is 4. The third-order valence-corrected chi connectivity index (χ3v) is 9.29. The highest BCUT2D eigenvalue weighted by atomic mass is 16.6. The Bertz CT molecular complexity index is 727. The van der Waals surface area contributed by atoms with Gasteiger partial charge in [0.2, 0.25) is 5.78 Å². The number of carbonyl (C=O) groups is 1. The maximum Gasteiger partial charge on any atom is 0.311 e. The van der Waals surface area contributed by atoms with Crippen LogP contribution >= 0.6 is 0 Å². The molecular formula is C22H32N2O3. The minimum Gasteiger partial charge on any atom is -0.311 e. The maximum atomic E-state index is 12.3. The molecule has 0 aromatic heterocycles. The van der Waals surface area contributed by atoms with Crippen molar-refractivity contribution >= 4 is 5.78 Å². The summed E-state index contributed by atoms with van der Waals surface area (Å²) in [6.45, 7) is 4.76. The molecule has 0 radical (unpaired) electrons. The lowest BCUT2D eigenvalue weighted by Crippen LogP contribution is -2.54. The summed E-state index contributed by atoms with van der Waals surface area (Å²) < 4.78 is 0. The monoisotopic (exact) mass is 372 g/mol. The van der Waals surface area contributed by atoms with Crippen molar-refractivity contribution in [3.8, 4) is 0 Å². The number of rotatable bonds is 3. The van der Waals surface area contributed by atoms with Gasteiger partial charge in [-0.05, 0) is 86.4 Å². The summed E-state index contributed by atoms with van der Waals surface area (Å²) in [6.07, 6.45) is 10.6. The summed E-state index contributed by atoms with van der Waals surface area (Å²) in [6, 6.07) is 1.41. The van der Waals surface area contributed by atoms with Crippen molar-refractivity contribution in [2.45, 2.75) is 90.1 Å². The van der Waals surface area contributed by atoms with Crippen molar-refractivity contribution < 1.29 is 9.72 Å². The van der Waals surface area contributed by atoms with Crippen molar-refractivity contribution in [3.63, 3.8) is 0 Å². The molecule has 5 rings (SSSR count). The summed E-state index contributed by atoms with van der Waals surface area (Å²) in [5, 5.41) is 15.6. The fraction of sp³-hybridized carbons (Fsp3) is 0.864. The molecule has 0 saturated heterocycles. The highest BCUT2D eigenvalue weighted by Gasteiger charge is 2.61. The number of Topliss-reactive ketones (excluding diaryl/α,β-unsaturated/α-hetero) is 1. The van der Waals surface area contributed by atoms with Gasteiger partial charge >= 0.3 is 5.70 Å². The molecular weight excluding hydrogens is 340 g/mol. The Labute approximate surface area is 161 Å². The molecule has 1 N–H and O–H groups in total. The molecule has 0 aromatic carbocycles. The highest BCUT2D eigenvalue weighted by molar-refractivity contribution is 5.95. The van der Waals surface area contributed by atoms with Gasteiger partial charge in [-0.2, -0.15) is 0 Å². The minimum atomic E-state index is -0.381. The van der Waals surface area contributed by atoms with E-state index < -0.39 is 0 Å². The minimum absolute atomic E-state index is 0.0461. The van der Waals surface area contributed by atoms with Crippen molar-refractivity contribution in [3.05, 3.63) is 21.4 Å².